The van der Waals surface area contributed by atoms with Crippen molar-refractivity contribution in [1.29, 1.82) is 0 Å². The number of rotatable bonds is 8. The first kappa shape index (κ1) is 19.6. The molecule has 0 amide bonds. The molecule has 0 spiro atoms. The number of imidazole rings is 1. The smallest absolute Gasteiger partial charge is 0.330 e. The quantitative estimate of drug-likeness (QED) is 0.540. The van der Waals surface area contributed by atoms with E-state index in [1.165, 1.54) is 31.5 Å². The molecule has 2 aromatic heterocycles. The first-order valence-corrected chi connectivity index (χ1v) is 10.00. The van der Waals surface area contributed by atoms with Crippen LogP contribution in [-0.2, 0) is 24.9 Å². The molecule has 0 radical (unpaired) electrons. The van der Waals surface area contributed by atoms with Gasteiger partial charge in [-0.15, -0.1) is 0 Å². The minimum Gasteiger partial charge on any atom is -0.461 e. The van der Waals surface area contributed by atoms with Gasteiger partial charge in [0, 0.05) is 20.7 Å². The maximum absolute atomic E-state index is 12.8. The molecule has 1 fully saturated rings. The van der Waals surface area contributed by atoms with Crippen LogP contribution in [0.2, 0.25) is 0 Å². The summed E-state index contributed by atoms with van der Waals surface area (Å²) >= 11 is 0. The standard InChI is InChI=1S/C21H27N5O3/c1-24-18-13-22-20(29-12-11-28-2)23-19(18)26(21(24)27)15-17-7-5-16(6-8-17)14-25-9-3-4-10-25/h5-8,13H,3-4,9-12,14-15H2,1-2H3. The summed E-state index contributed by atoms with van der Waals surface area (Å²) in [5, 5.41) is 0. The second kappa shape index (κ2) is 8.75. The first-order chi connectivity index (χ1) is 14.2. The lowest BCUT2D eigenvalue weighted by Gasteiger charge is -2.14. The predicted molar refractivity (Wildman–Crippen MR) is 110 cm³/mol. The van der Waals surface area contributed by atoms with Gasteiger partial charge in [0.2, 0.25) is 0 Å². The highest BCUT2D eigenvalue weighted by Crippen LogP contribution is 2.16. The molecule has 0 saturated carbocycles. The SMILES string of the molecule is COCCOc1ncc2c(n1)n(Cc1ccc(CN3CCCC3)cc1)c(=O)n2C. The highest BCUT2D eigenvalue weighted by Gasteiger charge is 2.15. The van der Waals surface area contributed by atoms with Gasteiger partial charge in [-0.25, -0.2) is 9.78 Å². The Morgan fingerprint density at radius 2 is 1.72 bits per heavy atom. The van der Waals surface area contributed by atoms with E-state index in [2.05, 4.69) is 39.1 Å². The lowest BCUT2D eigenvalue weighted by molar-refractivity contribution is 0.141. The van der Waals surface area contributed by atoms with Gasteiger partial charge in [-0.1, -0.05) is 24.3 Å². The van der Waals surface area contributed by atoms with Crippen molar-refractivity contribution in [3.8, 4) is 6.01 Å². The van der Waals surface area contributed by atoms with Crippen molar-refractivity contribution in [2.75, 3.05) is 33.4 Å². The summed E-state index contributed by atoms with van der Waals surface area (Å²) in [5.74, 6) is 0. The third-order valence-electron chi connectivity index (χ3n) is 5.35. The number of methoxy groups -OCH3 is 1. The Labute approximate surface area is 169 Å². The van der Waals surface area contributed by atoms with Gasteiger partial charge in [-0.3, -0.25) is 14.0 Å². The van der Waals surface area contributed by atoms with Crippen molar-refractivity contribution in [2.45, 2.75) is 25.9 Å². The average molecular weight is 397 g/mol. The molecule has 0 bridgehead atoms. The summed E-state index contributed by atoms with van der Waals surface area (Å²) in [6.07, 6.45) is 4.21. The van der Waals surface area contributed by atoms with Crippen molar-refractivity contribution >= 4 is 11.2 Å². The van der Waals surface area contributed by atoms with E-state index in [0.717, 1.165) is 12.1 Å². The molecular formula is C21H27N5O3. The molecule has 0 N–H and O–H groups in total. The number of fused-ring (bicyclic) bond motifs is 1. The highest BCUT2D eigenvalue weighted by atomic mass is 16.5. The molecule has 0 aliphatic carbocycles. The lowest BCUT2D eigenvalue weighted by atomic mass is 10.1. The third kappa shape index (κ3) is 4.33. The van der Waals surface area contributed by atoms with E-state index < -0.39 is 0 Å². The minimum absolute atomic E-state index is 0.121. The Morgan fingerprint density at radius 1 is 1.03 bits per heavy atom. The average Bonchev–Trinajstić information content (AvgIpc) is 3.32. The number of likely N-dealkylation sites (tertiary alicyclic amines) is 1. The van der Waals surface area contributed by atoms with Crippen LogP contribution in [0.5, 0.6) is 6.01 Å². The Kier molecular flexibility index (Phi) is 5.92. The van der Waals surface area contributed by atoms with Crippen LogP contribution in [-0.4, -0.2) is 57.4 Å². The molecule has 154 valence electrons. The summed E-state index contributed by atoms with van der Waals surface area (Å²) in [7, 11) is 3.34. The molecule has 1 aliphatic heterocycles. The van der Waals surface area contributed by atoms with Crippen LogP contribution < -0.4 is 10.4 Å². The monoisotopic (exact) mass is 397 g/mol. The lowest BCUT2D eigenvalue weighted by Crippen LogP contribution is -2.23. The zero-order valence-electron chi connectivity index (χ0n) is 17.0. The van der Waals surface area contributed by atoms with Crippen LogP contribution in [0.4, 0.5) is 0 Å². The van der Waals surface area contributed by atoms with Crippen molar-refractivity contribution in [3.05, 3.63) is 52.1 Å². The summed E-state index contributed by atoms with van der Waals surface area (Å²) < 4.78 is 13.7. The zero-order valence-corrected chi connectivity index (χ0v) is 17.0. The van der Waals surface area contributed by atoms with Gasteiger partial charge in [0.15, 0.2) is 5.65 Å². The molecule has 8 heteroatoms. The van der Waals surface area contributed by atoms with E-state index in [0.29, 0.717) is 30.9 Å². The number of nitrogens with zero attached hydrogens (tertiary/aromatic N) is 5. The van der Waals surface area contributed by atoms with E-state index in [1.807, 2.05) is 0 Å². The summed E-state index contributed by atoms with van der Waals surface area (Å²) in [4.78, 5) is 23.9. The number of aromatic nitrogens is 4. The fourth-order valence-corrected chi connectivity index (χ4v) is 3.72. The number of ether oxygens (including phenoxy) is 2. The zero-order chi connectivity index (χ0) is 20.2. The van der Waals surface area contributed by atoms with Crippen LogP contribution in [0.1, 0.15) is 24.0 Å². The second-order valence-electron chi connectivity index (χ2n) is 7.43. The maximum atomic E-state index is 12.8. The van der Waals surface area contributed by atoms with Crippen molar-refractivity contribution in [2.24, 2.45) is 7.05 Å². The minimum atomic E-state index is -0.121. The molecule has 29 heavy (non-hydrogen) atoms. The molecule has 3 aromatic rings. The van der Waals surface area contributed by atoms with E-state index in [4.69, 9.17) is 9.47 Å². The number of benzene rings is 1. The van der Waals surface area contributed by atoms with Crippen LogP contribution in [0.25, 0.3) is 11.2 Å². The van der Waals surface area contributed by atoms with Crippen LogP contribution in [0.15, 0.2) is 35.3 Å². The number of hydrogen-bond acceptors (Lipinski definition) is 6. The van der Waals surface area contributed by atoms with Crippen LogP contribution in [0, 0.1) is 0 Å². The van der Waals surface area contributed by atoms with E-state index in [1.54, 1.807) is 29.5 Å². The molecule has 0 unspecified atom stereocenters. The van der Waals surface area contributed by atoms with Gasteiger partial charge in [0.05, 0.1) is 19.3 Å². The summed E-state index contributed by atoms with van der Waals surface area (Å²) in [5.41, 5.74) is 3.49. The maximum Gasteiger partial charge on any atom is 0.330 e. The Bertz CT molecular complexity index is 1020. The molecule has 3 heterocycles. The van der Waals surface area contributed by atoms with E-state index in [-0.39, 0.29) is 11.7 Å². The fourth-order valence-electron chi connectivity index (χ4n) is 3.72. The largest absolute Gasteiger partial charge is 0.461 e. The van der Waals surface area contributed by atoms with Crippen molar-refractivity contribution in [3.63, 3.8) is 0 Å². The van der Waals surface area contributed by atoms with Gasteiger partial charge in [0.1, 0.15) is 12.1 Å². The van der Waals surface area contributed by atoms with Gasteiger partial charge >= 0.3 is 11.7 Å². The number of aryl methyl sites for hydroxylation is 1. The molecule has 1 saturated heterocycles. The van der Waals surface area contributed by atoms with Crippen molar-refractivity contribution < 1.29 is 9.47 Å². The Morgan fingerprint density at radius 3 is 2.41 bits per heavy atom. The predicted octanol–water partition coefficient (Wildman–Crippen LogP) is 1.80. The van der Waals surface area contributed by atoms with E-state index in [9.17, 15) is 4.79 Å². The second-order valence-corrected chi connectivity index (χ2v) is 7.43. The first-order valence-electron chi connectivity index (χ1n) is 10.00. The Balaban J connectivity index is 1.55. The van der Waals surface area contributed by atoms with Gasteiger partial charge in [0.25, 0.3) is 0 Å². The molecule has 8 nitrogen and oxygen atoms in total. The third-order valence-corrected chi connectivity index (χ3v) is 5.35. The van der Waals surface area contributed by atoms with E-state index >= 15 is 0 Å². The number of hydrogen-bond donors (Lipinski definition) is 0. The molecule has 4 rings (SSSR count). The highest BCUT2D eigenvalue weighted by molar-refractivity contribution is 5.70. The van der Waals surface area contributed by atoms with Gasteiger partial charge < -0.3 is 9.47 Å². The van der Waals surface area contributed by atoms with Gasteiger partial charge in [-0.05, 0) is 37.1 Å². The molecule has 0 atom stereocenters. The fraction of sp³-hybridized carbons (Fsp3) is 0.476. The summed E-state index contributed by atoms with van der Waals surface area (Å²) in [6, 6.07) is 8.73. The topological polar surface area (TPSA) is 74.4 Å². The Hall–Kier alpha value is -2.71. The molecule has 1 aliphatic rings. The van der Waals surface area contributed by atoms with Crippen LogP contribution in [0.3, 0.4) is 0 Å². The molecule has 1 aromatic carbocycles. The normalized spacial score (nSPS) is 14.7. The summed E-state index contributed by atoms with van der Waals surface area (Å²) in [6.45, 7) is 4.62. The van der Waals surface area contributed by atoms with Gasteiger partial charge in [-0.2, -0.15) is 4.98 Å². The molecular weight excluding hydrogens is 370 g/mol. The van der Waals surface area contributed by atoms with Crippen molar-refractivity contribution in [1.82, 2.24) is 24.0 Å². The van der Waals surface area contributed by atoms with Crippen LogP contribution >= 0.6 is 0 Å².